The molecule has 0 saturated carbocycles. The second kappa shape index (κ2) is 8.06. The lowest BCUT2D eigenvalue weighted by Gasteiger charge is -2.06. The lowest BCUT2D eigenvalue weighted by molar-refractivity contribution is -0.121. The zero-order chi connectivity index (χ0) is 16.6. The van der Waals surface area contributed by atoms with Crippen molar-refractivity contribution >= 4 is 5.91 Å². The van der Waals surface area contributed by atoms with Crippen LogP contribution in [-0.4, -0.2) is 27.2 Å². The summed E-state index contributed by atoms with van der Waals surface area (Å²) in [4.78, 5) is 15.9. The van der Waals surface area contributed by atoms with Gasteiger partial charge in [0.1, 0.15) is 0 Å². The second-order valence-corrected chi connectivity index (χ2v) is 5.54. The van der Waals surface area contributed by atoms with Gasteiger partial charge in [0.2, 0.25) is 5.91 Å². The van der Waals surface area contributed by atoms with Crippen LogP contribution in [0.1, 0.15) is 12.0 Å². The van der Waals surface area contributed by atoms with Crippen LogP contribution in [0.5, 0.6) is 0 Å². The zero-order valence-corrected chi connectivity index (χ0v) is 13.4. The molecule has 1 aromatic carbocycles. The molecule has 5 heteroatoms. The highest BCUT2D eigenvalue weighted by atomic mass is 16.1. The molecule has 0 aliphatic heterocycles. The lowest BCUT2D eigenvalue weighted by Crippen LogP contribution is -2.27. The Hall–Kier alpha value is -2.95. The van der Waals surface area contributed by atoms with E-state index in [0.29, 0.717) is 19.5 Å². The average molecular weight is 320 g/mol. The Bertz CT molecular complexity index is 768. The molecule has 0 aliphatic carbocycles. The fourth-order valence-corrected chi connectivity index (χ4v) is 2.46. The number of aryl methyl sites for hydroxylation is 1. The first kappa shape index (κ1) is 15.9. The molecular formula is C19H20N4O. The largest absolute Gasteiger partial charge is 0.354 e. The summed E-state index contributed by atoms with van der Waals surface area (Å²) in [5.74, 6) is 0.0698. The van der Waals surface area contributed by atoms with Crippen LogP contribution in [0.2, 0.25) is 0 Å². The number of carbonyl (C=O) groups is 1. The van der Waals surface area contributed by atoms with E-state index in [9.17, 15) is 4.79 Å². The summed E-state index contributed by atoms with van der Waals surface area (Å²) in [5.41, 5.74) is 3.13. The fraction of sp³-hybridized carbons (Fsp3) is 0.211. The van der Waals surface area contributed by atoms with Crippen molar-refractivity contribution in [2.24, 2.45) is 0 Å². The molecule has 0 bridgehead atoms. The molecule has 0 unspecified atom stereocenters. The van der Waals surface area contributed by atoms with E-state index in [-0.39, 0.29) is 5.91 Å². The van der Waals surface area contributed by atoms with Crippen molar-refractivity contribution in [3.63, 3.8) is 0 Å². The molecular weight excluding hydrogens is 300 g/mol. The van der Waals surface area contributed by atoms with Gasteiger partial charge in [0.15, 0.2) is 0 Å². The van der Waals surface area contributed by atoms with E-state index >= 15 is 0 Å². The first-order valence-electron chi connectivity index (χ1n) is 8.06. The summed E-state index contributed by atoms with van der Waals surface area (Å²) in [6.07, 6.45) is 6.69. The van der Waals surface area contributed by atoms with Crippen LogP contribution in [-0.2, 0) is 17.8 Å². The third kappa shape index (κ3) is 4.52. The van der Waals surface area contributed by atoms with Gasteiger partial charge in [-0.2, -0.15) is 5.10 Å². The second-order valence-electron chi connectivity index (χ2n) is 5.54. The van der Waals surface area contributed by atoms with Gasteiger partial charge in [-0.15, -0.1) is 0 Å². The van der Waals surface area contributed by atoms with Gasteiger partial charge in [0.25, 0.3) is 0 Å². The molecule has 3 aromatic rings. The van der Waals surface area contributed by atoms with E-state index in [1.807, 2.05) is 59.4 Å². The number of nitrogens with one attached hydrogen (secondary N) is 1. The van der Waals surface area contributed by atoms with Crippen molar-refractivity contribution in [3.8, 4) is 11.3 Å². The van der Waals surface area contributed by atoms with Gasteiger partial charge in [-0.1, -0.05) is 30.3 Å². The van der Waals surface area contributed by atoms with E-state index in [2.05, 4.69) is 15.4 Å². The number of benzene rings is 1. The maximum Gasteiger partial charge on any atom is 0.220 e. The van der Waals surface area contributed by atoms with Crippen LogP contribution in [0, 0.1) is 0 Å². The molecule has 1 N–H and O–H groups in total. The summed E-state index contributed by atoms with van der Waals surface area (Å²) < 4.78 is 1.84. The smallest absolute Gasteiger partial charge is 0.220 e. The van der Waals surface area contributed by atoms with Gasteiger partial charge in [-0.25, -0.2) is 0 Å². The van der Waals surface area contributed by atoms with Crippen LogP contribution in [0.4, 0.5) is 0 Å². The lowest BCUT2D eigenvalue weighted by atomic mass is 10.1. The molecule has 0 aliphatic rings. The SMILES string of the molecule is O=C(CCc1ccccc1)NCCn1ccc(-c2ccncc2)n1. The minimum Gasteiger partial charge on any atom is -0.354 e. The van der Waals surface area contributed by atoms with E-state index in [1.54, 1.807) is 12.4 Å². The summed E-state index contributed by atoms with van der Waals surface area (Å²) in [7, 11) is 0. The van der Waals surface area contributed by atoms with Gasteiger partial charge in [0, 0.05) is 37.1 Å². The number of hydrogen-bond donors (Lipinski definition) is 1. The summed E-state index contributed by atoms with van der Waals surface area (Å²) in [6, 6.07) is 15.9. The molecule has 2 heterocycles. The number of amides is 1. The van der Waals surface area contributed by atoms with E-state index in [0.717, 1.165) is 17.7 Å². The average Bonchev–Trinajstić information content (AvgIpc) is 3.11. The number of hydrogen-bond acceptors (Lipinski definition) is 3. The van der Waals surface area contributed by atoms with E-state index < -0.39 is 0 Å². The maximum atomic E-state index is 11.9. The minimum absolute atomic E-state index is 0.0698. The number of rotatable bonds is 7. The Labute approximate surface area is 141 Å². The van der Waals surface area contributed by atoms with Crippen LogP contribution in [0.25, 0.3) is 11.3 Å². The molecule has 24 heavy (non-hydrogen) atoms. The van der Waals surface area contributed by atoms with Crippen molar-refractivity contribution in [2.75, 3.05) is 6.54 Å². The molecule has 1 amide bonds. The Morgan fingerprint density at radius 2 is 1.83 bits per heavy atom. The molecule has 0 spiro atoms. The molecule has 5 nitrogen and oxygen atoms in total. The van der Waals surface area contributed by atoms with Crippen LogP contribution in [0.3, 0.4) is 0 Å². The molecule has 3 rings (SSSR count). The number of aromatic nitrogens is 3. The highest BCUT2D eigenvalue weighted by molar-refractivity contribution is 5.76. The zero-order valence-electron chi connectivity index (χ0n) is 13.4. The van der Waals surface area contributed by atoms with Gasteiger partial charge < -0.3 is 5.32 Å². The topological polar surface area (TPSA) is 59.8 Å². The van der Waals surface area contributed by atoms with Crippen molar-refractivity contribution in [2.45, 2.75) is 19.4 Å². The third-order valence-electron chi connectivity index (χ3n) is 3.76. The van der Waals surface area contributed by atoms with Crippen molar-refractivity contribution in [3.05, 3.63) is 72.7 Å². The van der Waals surface area contributed by atoms with E-state index in [1.165, 1.54) is 5.56 Å². The highest BCUT2D eigenvalue weighted by Gasteiger charge is 2.04. The van der Waals surface area contributed by atoms with Gasteiger partial charge >= 0.3 is 0 Å². The van der Waals surface area contributed by atoms with Crippen LogP contribution in [0.15, 0.2) is 67.1 Å². The minimum atomic E-state index is 0.0698. The van der Waals surface area contributed by atoms with E-state index in [4.69, 9.17) is 0 Å². The van der Waals surface area contributed by atoms with Gasteiger partial charge in [-0.3, -0.25) is 14.5 Å². The van der Waals surface area contributed by atoms with Crippen molar-refractivity contribution in [1.82, 2.24) is 20.1 Å². The monoisotopic (exact) mass is 320 g/mol. The summed E-state index contributed by atoms with van der Waals surface area (Å²) in [6.45, 7) is 1.23. The van der Waals surface area contributed by atoms with Crippen LogP contribution < -0.4 is 5.32 Å². The quantitative estimate of drug-likeness (QED) is 0.728. The number of nitrogens with zero attached hydrogens (tertiary/aromatic N) is 3. The predicted octanol–water partition coefficient (Wildman–Crippen LogP) is 2.69. The molecule has 0 fully saturated rings. The van der Waals surface area contributed by atoms with Gasteiger partial charge in [0.05, 0.1) is 12.2 Å². The predicted molar refractivity (Wildman–Crippen MR) is 93.2 cm³/mol. The molecule has 0 radical (unpaired) electrons. The Balaban J connectivity index is 1.42. The van der Waals surface area contributed by atoms with Crippen molar-refractivity contribution in [1.29, 1.82) is 0 Å². The standard InChI is InChI=1S/C19H20N4O/c24-19(7-6-16-4-2-1-3-5-16)21-13-15-23-14-10-18(22-23)17-8-11-20-12-9-17/h1-5,8-12,14H,6-7,13,15H2,(H,21,24). The fourth-order valence-electron chi connectivity index (χ4n) is 2.46. The summed E-state index contributed by atoms with van der Waals surface area (Å²) in [5, 5.41) is 7.45. The Morgan fingerprint density at radius 3 is 2.62 bits per heavy atom. The first-order valence-corrected chi connectivity index (χ1v) is 8.06. The normalized spacial score (nSPS) is 10.5. The third-order valence-corrected chi connectivity index (χ3v) is 3.76. The van der Waals surface area contributed by atoms with Crippen molar-refractivity contribution < 1.29 is 4.79 Å². The summed E-state index contributed by atoms with van der Waals surface area (Å²) >= 11 is 0. The number of pyridine rings is 1. The van der Waals surface area contributed by atoms with Crippen LogP contribution >= 0.6 is 0 Å². The van der Waals surface area contributed by atoms with Gasteiger partial charge in [-0.05, 0) is 30.2 Å². The number of carbonyl (C=O) groups excluding carboxylic acids is 1. The maximum absolute atomic E-state index is 11.9. The molecule has 0 saturated heterocycles. The molecule has 122 valence electrons. The Morgan fingerprint density at radius 1 is 1.04 bits per heavy atom. The first-order chi connectivity index (χ1) is 11.8. The molecule has 0 atom stereocenters. The highest BCUT2D eigenvalue weighted by Crippen LogP contribution is 2.14. The molecule has 2 aromatic heterocycles. The Kier molecular flexibility index (Phi) is 5.35.